The van der Waals surface area contributed by atoms with Crippen LogP contribution < -0.4 is 30.7 Å². The molecule has 6 rings (SSSR count). The van der Waals surface area contributed by atoms with Gasteiger partial charge in [0.05, 0.1) is 25.1 Å². The fourth-order valence-corrected chi connectivity index (χ4v) is 7.18. The summed E-state index contributed by atoms with van der Waals surface area (Å²) in [5, 5.41) is 12.7. The third-order valence-corrected chi connectivity index (χ3v) is 10.2. The number of aromatic nitrogens is 1. The molecule has 1 saturated heterocycles. The molecule has 0 spiro atoms. The summed E-state index contributed by atoms with van der Waals surface area (Å²) in [6, 6.07) is 5.00. The molecule has 276 valence electrons. The van der Waals surface area contributed by atoms with Crippen molar-refractivity contribution in [2.24, 2.45) is 11.3 Å². The maximum absolute atomic E-state index is 14.6. The summed E-state index contributed by atoms with van der Waals surface area (Å²) >= 11 is 0. The lowest BCUT2D eigenvalue weighted by Gasteiger charge is -2.47. The van der Waals surface area contributed by atoms with Gasteiger partial charge >= 0.3 is 6.03 Å². The van der Waals surface area contributed by atoms with Crippen molar-refractivity contribution in [1.82, 2.24) is 31.2 Å². The van der Waals surface area contributed by atoms with Gasteiger partial charge in [0, 0.05) is 47.1 Å². The van der Waals surface area contributed by atoms with E-state index in [1.165, 1.54) is 4.90 Å². The Morgan fingerprint density at radius 3 is 2.33 bits per heavy atom. The largest absolute Gasteiger partial charge is 0.497 e. The highest BCUT2D eigenvalue weighted by atomic mass is 16.5. The zero-order valence-corrected chi connectivity index (χ0v) is 31.0. The minimum absolute atomic E-state index is 0.0175. The van der Waals surface area contributed by atoms with Crippen LogP contribution in [0, 0.1) is 11.3 Å². The number of hydrogen-bond acceptors (Lipinski definition) is 9. The maximum atomic E-state index is 14.6. The highest BCUT2D eigenvalue weighted by Gasteiger charge is 2.64. The van der Waals surface area contributed by atoms with E-state index >= 15 is 0 Å². The average molecular weight is 705 g/mol. The number of methoxy groups -OCH3 is 1. The first-order chi connectivity index (χ1) is 23.9. The van der Waals surface area contributed by atoms with Gasteiger partial charge < -0.3 is 30.3 Å². The molecule has 4 aliphatic rings. The number of hydrogen-bond donors (Lipinski definition) is 4. The number of pyridine rings is 1. The number of benzene rings is 1. The molecule has 2 aromatic rings. The van der Waals surface area contributed by atoms with E-state index in [-0.39, 0.29) is 19.0 Å². The van der Waals surface area contributed by atoms with Crippen LogP contribution in [0.25, 0.3) is 10.9 Å². The van der Waals surface area contributed by atoms with Gasteiger partial charge in [-0.05, 0) is 70.4 Å². The molecule has 1 unspecified atom stereocenters. The summed E-state index contributed by atoms with van der Waals surface area (Å²) in [5.41, 5.74) is -1.16. The molecule has 4 N–H and O–H groups in total. The zero-order chi connectivity index (χ0) is 37.0. The number of rotatable bonds is 11. The number of urea groups is 1. The molecule has 0 radical (unpaired) electrons. The average Bonchev–Trinajstić information content (AvgIpc) is 4.00. The predicted molar refractivity (Wildman–Crippen MR) is 190 cm³/mol. The fraction of sp³-hybridized carbons (Fsp3) is 0.632. The topological polar surface area (TPSA) is 168 Å². The number of nitrogens with zero attached hydrogens (tertiary/aromatic N) is 2. The monoisotopic (exact) mass is 704 g/mol. The van der Waals surface area contributed by atoms with E-state index in [9.17, 15) is 24.0 Å². The van der Waals surface area contributed by atoms with Crippen LogP contribution in [0.4, 0.5) is 4.79 Å². The third-order valence-electron chi connectivity index (χ3n) is 10.2. The number of ketones is 2. The Morgan fingerprint density at radius 2 is 1.75 bits per heavy atom. The lowest BCUT2D eigenvalue weighted by molar-refractivity contribution is -0.161. The van der Waals surface area contributed by atoms with E-state index in [1.54, 1.807) is 7.11 Å². The van der Waals surface area contributed by atoms with Gasteiger partial charge in [0.15, 0.2) is 5.66 Å². The number of fused-ring (bicyclic) bond motifs is 1. The summed E-state index contributed by atoms with van der Waals surface area (Å²) < 4.78 is 12.1. The maximum Gasteiger partial charge on any atom is 0.315 e. The zero-order valence-electron chi connectivity index (χ0n) is 31.0. The second-order valence-electron chi connectivity index (χ2n) is 16.7. The second-order valence-corrected chi connectivity index (χ2v) is 16.7. The van der Waals surface area contributed by atoms with Crippen molar-refractivity contribution in [2.75, 3.05) is 13.7 Å². The molecule has 1 aromatic heterocycles. The lowest BCUT2D eigenvalue weighted by Crippen LogP contribution is -2.80. The first-order valence-electron chi connectivity index (χ1n) is 18.2. The smallest absolute Gasteiger partial charge is 0.315 e. The van der Waals surface area contributed by atoms with Crippen molar-refractivity contribution in [2.45, 2.75) is 128 Å². The van der Waals surface area contributed by atoms with Gasteiger partial charge in [-0.3, -0.25) is 29.5 Å². The number of likely N-dealkylation sites (tertiary alicyclic amines) is 1. The van der Waals surface area contributed by atoms with E-state index < -0.39 is 70.1 Å². The quantitative estimate of drug-likeness (QED) is 0.201. The SMILES string of the molecule is CC[C@H]1C(=O)C(=O)[C@@]1(NC(=O)[C@@H]1C[C@H](Oc2cc(C3CC3)nc3cc(OC)ccc23)CN1C(=O)C(NC(=O)NC(C)(C)C)C(C)(C)C)NC1CC1. The van der Waals surface area contributed by atoms with Crippen LogP contribution in [0.5, 0.6) is 11.5 Å². The number of carbonyl (C=O) groups excluding carboxylic acids is 5. The standard InChI is InChI=1S/C38H52N6O7/c1-9-25-30(45)32(46)38(25,41-21-12-13-21)42-33(47)28-17-23(19-44(28)34(48)31(36(2,3)4)40-35(49)43-37(5,6)7)51-29-18-26(20-10-11-20)39-27-16-22(50-8)14-15-24(27)29/h14-16,18,20-21,23,25,28,31,41H,9-13,17,19H2,1-8H3,(H,42,47)(H2,40,43,49)/t23-,25-,28-,31?,38+/m0/s1. The Labute approximate surface area is 299 Å². The number of amides is 4. The summed E-state index contributed by atoms with van der Waals surface area (Å²) in [6.07, 6.45) is 3.63. The molecular weight excluding hydrogens is 652 g/mol. The first kappa shape index (κ1) is 36.5. The molecule has 1 aliphatic heterocycles. The molecule has 3 saturated carbocycles. The number of Topliss-reactive ketones (excluding diaryl/α,β-unsaturated/α-hetero) is 2. The molecule has 2 heterocycles. The first-order valence-corrected chi connectivity index (χ1v) is 18.2. The highest BCUT2D eigenvalue weighted by molar-refractivity contribution is 6.49. The van der Waals surface area contributed by atoms with Crippen LogP contribution in [-0.2, 0) is 19.2 Å². The Morgan fingerprint density at radius 1 is 1.04 bits per heavy atom. The van der Waals surface area contributed by atoms with Crippen molar-refractivity contribution < 1.29 is 33.4 Å². The summed E-state index contributed by atoms with van der Waals surface area (Å²) in [7, 11) is 1.60. The van der Waals surface area contributed by atoms with Crippen LogP contribution in [0.3, 0.4) is 0 Å². The van der Waals surface area contributed by atoms with Gasteiger partial charge in [-0.15, -0.1) is 0 Å². The van der Waals surface area contributed by atoms with Crippen molar-refractivity contribution in [3.05, 3.63) is 30.0 Å². The molecule has 4 amide bonds. The highest BCUT2D eigenvalue weighted by Crippen LogP contribution is 2.43. The second kappa shape index (κ2) is 13.4. The Balaban J connectivity index is 1.33. The van der Waals surface area contributed by atoms with Gasteiger partial charge in [0.1, 0.15) is 29.7 Å². The normalized spacial score (nSPS) is 25.6. The Bertz CT molecular complexity index is 1740. The van der Waals surface area contributed by atoms with Crippen LogP contribution in [0.15, 0.2) is 24.3 Å². The van der Waals surface area contributed by atoms with E-state index in [0.29, 0.717) is 23.8 Å². The van der Waals surface area contributed by atoms with Crippen molar-refractivity contribution in [1.29, 1.82) is 0 Å². The molecule has 13 heteroatoms. The molecule has 1 aromatic carbocycles. The number of nitrogens with one attached hydrogen (secondary N) is 4. The van der Waals surface area contributed by atoms with Gasteiger partial charge in [-0.25, -0.2) is 4.79 Å². The molecule has 5 atom stereocenters. The summed E-state index contributed by atoms with van der Waals surface area (Å²) in [4.78, 5) is 74.4. The van der Waals surface area contributed by atoms with Gasteiger partial charge in [0.2, 0.25) is 23.4 Å². The van der Waals surface area contributed by atoms with Crippen LogP contribution in [-0.4, -0.2) is 88.4 Å². The van der Waals surface area contributed by atoms with E-state index in [4.69, 9.17) is 14.5 Å². The van der Waals surface area contributed by atoms with Gasteiger partial charge in [-0.1, -0.05) is 27.7 Å². The van der Waals surface area contributed by atoms with Crippen LogP contribution >= 0.6 is 0 Å². The van der Waals surface area contributed by atoms with Crippen molar-refractivity contribution in [3.63, 3.8) is 0 Å². The van der Waals surface area contributed by atoms with Crippen LogP contribution in [0.2, 0.25) is 0 Å². The fourth-order valence-electron chi connectivity index (χ4n) is 7.18. The van der Waals surface area contributed by atoms with E-state index in [1.807, 2.05) is 72.7 Å². The van der Waals surface area contributed by atoms with Crippen molar-refractivity contribution in [3.8, 4) is 11.5 Å². The molecular formula is C38H52N6O7. The number of ether oxygens (including phenoxy) is 2. The molecule has 3 aliphatic carbocycles. The lowest BCUT2D eigenvalue weighted by atomic mass is 9.68. The van der Waals surface area contributed by atoms with Gasteiger partial charge in [0.25, 0.3) is 0 Å². The summed E-state index contributed by atoms with van der Waals surface area (Å²) in [6.45, 7) is 12.9. The molecule has 13 nitrogen and oxygen atoms in total. The molecule has 51 heavy (non-hydrogen) atoms. The van der Waals surface area contributed by atoms with E-state index in [0.717, 1.165) is 42.3 Å². The van der Waals surface area contributed by atoms with Gasteiger partial charge in [-0.2, -0.15) is 0 Å². The van der Waals surface area contributed by atoms with Crippen molar-refractivity contribution >= 4 is 40.3 Å². The number of carbonyl (C=O) groups is 5. The Kier molecular flexibility index (Phi) is 9.58. The minimum Gasteiger partial charge on any atom is -0.497 e. The summed E-state index contributed by atoms with van der Waals surface area (Å²) in [5.74, 6) is -1.30. The Hall–Kier alpha value is -4.26. The van der Waals surface area contributed by atoms with Crippen LogP contribution in [0.1, 0.15) is 98.6 Å². The molecule has 0 bridgehead atoms. The predicted octanol–water partition coefficient (Wildman–Crippen LogP) is 3.72. The molecule has 4 fully saturated rings. The van der Waals surface area contributed by atoms with E-state index in [2.05, 4.69) is 21.3 Å². The third kappa shape index (κ3) is 7.54. The minimum atomic E-state index is -1.52.